The van der Waals surface area contributed by atoms with Crippen LogP contribution in [0.5, 0.6) is 0 Å². The van der Waals surface area contributed by atoms with Crippen LogP contribution in [0.2, 0.25) is 0 Å². The second-order valence-electron chi connectivity index (χ2n) is 3.11. The predicted octanol–water partition coefficient (Wildman–Crippen LogP) is 2.52. The van der Waals surface area contributed by atoms with E-state index >= 15 is 0 Å². The number of aryl methyl sites for hydroxylation is 1. The van der Waals surface area contributed by atoms with Gasteiger partial charge in [0.1, 0.15) is 0 Å². The minimum atomic E-state index is 0.516. The largest absolute Gasteiger partial charge is 0.327 e. The lowest BCUT2D eigenvalue weighted by molar-refractivity contribution is 1.20. The summed E-state index contributed by atoms with van der Waals surface area (Å²) in [5.41, 5.74) is 8.81. The molecule has 1 heteroatoms. The van der Waals surface area contributed by atoms with E-state index in [9.17, 15) is 0 Å². The van der Waals surface area contributed by atoms with Crippen LogP contribution in [0.15, 0.2) is 42.5 Å². The summed E-state index contributed by atoms with van der Waals surface area (Å²) < 4.78 is 0. The molecule has 0 unspecified atom stereocenters. The molecule has 0 radical (unpaired) electrons. The Kier molecular flexibility index (Phi) is 3.47. The molecule has 0 atom stereocenters. The van der Waals surface area contributed by atoms with Crippen LogP contribution in [0, 0.1) is 6.92 Å². The van der Waals surface area contributed by atoms with Crippen molar-refractivity contribution in [2.24, 2.45) is 5.73 Å². The molecule has 0 saturated carbocycles. The molecule has 0 amide bonds. The van der Waals surface area contributed by atoms with Crippen molar-refractivity contribution >= 4 is 6.08 Å². The molecular weight excluding hydrogens is 158 g/mol. The van der Waals surface area contributed by atoms with Gasteiger partial charge in [0.2, 0.25) is 0 Å². The summed E-state index contributed by atoms with van der Waals surface area (Å²) in [4.78, 5) is 0. The highest BCUT2D eigenvalue weighted by Crippen LogP contribution is 2.06. The van der Waals surface area contributed by atoms with E-state index in [2.05, 4.69) is 31.7 Å². The smallest absolute Gasteiger partial charge is 0.0172 e. The Morgan fingerprint density at radius 3 is 2.92 bits per heavy atom. The summed E-state index contributed by atoms with van der Waals surface area (Å²) in [6, 6.07) is 8.31. The quantitative estimate of drug-likeness (QED) is 0.698. The van der Waals surface area contributed by atoms with Gasteiger partial charge in [-0.05, 0) is 18.1 Å². The van der Waals surface area contributed by atoms with E-state index in [1.165, 1.54) is 11.1 Å². The number of hydrogen-bond acceptors (Lipinski definition) is 1. The highest BCUT2D eigenvalue weighted by Gasteiger charge is 1.87. The molecule has 0 aliphatic carbocycles. The van der Waals surface area contributed by atoms with E-state index in [1.807, 2.05) is 18.2 Å². The van der Waals surface area contributed by atoms with Crippen LogP contribution >= 0.6 is 0 Å². The average Bonchev–Trinajstić information content (AvgIpc) is 2.14. The van der Waals surface area contributed by atoms with Crippen LogP contribution in [0.1, 0.15) is 11.1 Å². The molecule has 0 aliphatic heterocycles. The lowest BCUT2D eigenvalue weighted by atomic mass is 10.1. The summed E-state index contributed by atoms with van der Waals surface area (Å²) in [7, 11) is 0. The van der Waals surface area contributed by atoms with Crippen molar-refractivity contribution in [3.05, 3.63) is 53.6 Å². The normalized spacial score (nSPS) is 10.6. The van der Waals surface area contributed by atoms with E-state index < -0.39 is 0 Å². The molecule has 0 heterocycles. The fourth-order valence-electron chi connectivity index (χ4n) is 1.06. The first-order valence-electron chi connectivity index (χ1n) is 4.35. The van der Waals surface area contributed by atoms with Crippen LogP contribution in [-0.4, -0.2) is 6.54 Å². The van der Waals surface area contributed by atoms with Crippen LogP contribution in [0.4, 0.5) is 0 Å². The summed E-state index contributed by atoms with van der Waals surface area (Å²) in [6.07, 6.45) is 3.98. The van der Waals surface area contributed by atoms with Gasteiger partial charge in [0.05, 0.1) is 0 Å². The van der Waals surface area contributed by atoms with Crippen LogP contribution in [-0.2, 0) is 0 Å². The molecule has 0 aromatic heterocycles. The minimum Gasteiger partial charge on any atom is -0.327 e. The van der Waals surface area contributed by atoms with Crippen molar-refractivity contribution in [3.8, 4) is 0 Å². The Hall–Kier alpha value is -1.34. The maximum absolute atomic E-state index is 5.42. The van der Waals surface area contributed by atoms with Crippen LogP contribution in [0.25, 0.3) is 6.08 Å². The first-order chi connectivity index (χ1) is 6.22. The van der Waals surface area contributed by atoms with E-state index in [1.54, 1.807) is 0 Å². The van der Waals surface area contributed by atoms with Gasteiger partial charge >= 0.3 is 0 Å². The van der Waals surface area contributed by atoms with E-state index in [-0.39, 0.29) is 0 Å². The zero-order valence-corrected chi connectivity index (χ0v) is 7.96. The van der Waals surface area contributed by atoms with Gasteiger partial charge in [-0.3, -0.25) is 0 Å². The van der Waals surface area contributed by atoms with Crippen molar-refractivity contribution in [1.29, 1.82) is 0 Å². The molecule has 0 bridgehead atoms. The highest BCUT2D eigenvalue weighted by atomic mass is 14.5. The zero-order chi connectivity index (χ0) is 9.68. The van der Waals surface area contributed by atoms with Gasteiger partial charge in [-0.2, -0.15) is 0 Å². The van der Waals surface area contributed by atoms with Gasteiger partial charge in [-0.1, -0.05) is 48.6 Å². The Labute approximate surface area is 79.6 Å². The van der Waals surface area contributed by atoms with Gasteiger partial charge < -0.3 is 5.73 Å². The number of rotatable bonds is 3. The van der Waals surface area contributed by atoms with Crippen molar-refractivity contribution in [2.75, 3.05) is 6.54 Å². The zero-order valence-electron chi connectivity index (χ0n) is 7.96. The predicted molar refractivity (Wildman–Crippen MR) is 58.4 cm³/mol. The van der Waals surface area contributed by atoms with Crippen molar-refractivity contribution in [3.63, 3.8) is 0 Å². The third kappa shape index (κ3) is 3.26. The molecule has 0 spiro atoms. The second-order valence-corrected chi connectivity index (χ2v) is 3.11. The van der Waals surface area contributed by atoms with Gasteiger partial charge in [0, 0.05) is 6.54 Å². The lowest BCUT2D eigenvalue weighted by Gasteiger charge is -1.96. The molecule has 68 valence electrons. The molecule has 1 aromatic carbocycles. The minimum absolute atomic E-state index is 0.516. The van der Waals surface area contributed by atoms with Crippen molar-refractivity contribution in [1.82, 2.24) is 0 Å². The molecule has 2 N–H and O–H groups in total. The monoisotopic (exact) mass is 173 g/mol. The third-order valence-corrected chi connectivity index (χ3v) is 1.82. The van der Waals surface area contributed by atoms with Crippen LogP contribution in [0.3, 0.4) is 0 Å². The highest BCUT2D eigenvalue weighted by molar-refractivity contribution is 5.53. The van der Waals surface area contributed by atoms with Gasteiger partial charge in [-0.15, -0.1) is 0 Å². The third-order valence-electron chi connectivity index (χ3n) is 1.82. The SMILES string of the molecule is C=C(/C=C/c1cccc(C)c1)CN. The standard InChI is InChI=1S/C12H15N/c1-10-4-3-5-12(8-10)7-6-11(2)9-13/h3-8H,2,9,13H2,1H3/b7-6+. The molecule has 0 aliphatic rings. The van der Waals surface area contributed by atoms with E-state index in [0.29, 0.717) is 6.54 Å². The first-order valence-corrected chi connectivity index (χ1v) is 4.35. The second kappa shape index (κ2) is 4.63. The van der Waals surface area contributed by atoms with Crippen molar-refractivity contribution < 1.29 is 0 Å². The molecule has 0 saturated heterocycles. The van der Waals surface area contributed by atoms with Crippen LogP contribution < -0.4 is 5.73 Å². The summed E-state index contributed by atoms with van der Waals surface area (Å²) in [5.74, 6) is 0. The maximum Gasteiger partial charge on any atom is 0.0172 e. The summed E-state index contributed by atoms with van der Waals surface area (Å²) in [6.45, 7) is 6.39. The summed E-state index contributed by atoms with van der Waals surface area (Å²) >= 11 is 0. The molecule has 1 rings (SSSR count). The maximum atomic E-state index is 5.42. The number of hydrogen-bond donors (Lipinski definition) is 1. The van der Waals surface area contributed by atoms with Gasteiger partial charge in [-0.25, -0.2) is 0 Å². The molecule has 13 heavy (non-hydrogen) atoms. The number of benzene rings is 1. The Balaban J connectivity index is 2.74. The van der Waals surface area contributed by atoms with E-state index in [0.717, 1.165) is 5.57 Å². The number of nitrogens with two attached hydrogens (primary N) is 1. The first kappa shape index (κ1) is 9.75. The molecule has 0 fully saturated rings. The fraction of sp³-hybridized carbons (Fsp3) is 0.167. The molecular formula is C12H15N. The Morgan fingerprint density at radius 1 is 1.54 bits per heavy atom. The van der Waals surface area contributed by atoms with Crippen molar-refractivity contribution in [2.45, 2.75) is 6.92 Å². The van der Waals surface area contributed by atoms with Gasteiger partial charge in [0.15, 0.2) is 0 Å². The summed E-state index contributed by atoms with van der Waals surface area (Å²) in [5, 5.41) is 0. The molecule has 1 nitrogen and oxygen atoms in total. The lowest BCUT2D eigenvalue weighted by Crippen LogP contribution is -1.98. The Morgan fingerprint density at radius 2 is 2.31 bits per heavy atom. The topological polar surface area (TPSA) is 26.0 Å². The fourth-order valence-corrected chi connectivity index (χ4v) is 1.06. The average molecular weight is 173 g/mol. The van der Waals surface area contributed by atoms with E-state index in [4.69, 9.17) is 5.73 Å². The molecule has 1 aromatic rings. The Bertz CT molecular complexity index is 324. The van der Waals surface area contributed by atoms with Gasteiger partial charge in [0.25, 0.3) is 0 Å².